The molecule has 1 amide bonds. The van der Waals surface area contributed by atoms with Crippen molar-refractivity contribution in [3.8, 4) is 0 Å². The van der Waals surface area contributed by atoms with Crippen LogP contribution in [0.25, 0.3) is 0 Å². The largest absolute Gasteiger partial charge is 0.490 e. The first-order valence-electron chi connectivity index (χ1n) is 5.13. The normalized spacial score (nSPS) is 20.8. The third kappa shape index (κ3) is 5.03. The summed E-state index contributed by atoms with van der Waals surface area (Å²) in [6, 6.07) is -0.124. The number of carbonyl (C=O) groups is 2. The third-order valence-corrected chi connectivity index (χ3v) is 2.23. The Morgan fingerprint density at radius 1 is 1.41 bits per heavy atom. The Morgan fingerprint density at radius 3 is 2.65 bits per heavy atom. The summed E-state index contributed by atoms with van der Waals surface area (Å²) in [6.07, 6.45) is -3.42. The first-order chi connectivity index (χ1) is 7.89. The number of hydrogen-bond donors (Lipinski definition) is 2. The molecule has 1 rings (SSSR count). The van der Waals surface area contributed by atoms with Gasteiger partial charge in [-0.05, 0) is 19.4 Å². The van der Waals surface area contributed by atoms with Gasteiger partial charge in [0.05, 0.1) is 0 Å². The smallest absolute Gasteiger partial charge is 0.449 e. The van der Waals surface area contributed by atoms with Crippen LogP contribution in [-0.4, -0.2) is 43.8 Å². The number of nitrogens with one attached hydrogen (secondary N) is 2. The Bertz CT molecular complexity index is 288. The van der Waals surface area contributed by atoms with Crippen LogP contribution in [0.5, 0.6) is 0 Å². The number of piperidine rings is 1. The van der Waals surface area contributed by atoms with Crippen LogP contribution < -0.4 is 10.6 Å². The van der Waals surface area contributed by atoms with Gasteiger partial charge >= 0.3 is 12.1 Å². The maximum Gasteiger partial charge on any atom is 0.490 e. The second-order valence-electron chi connectivity index (χ2n) is 3.68. The molecular formula is C9H13F3N2O3. The van der Waals surface area contributed by atoms with Crippen LogP contribution in [0.4, 0.5) is 13.2 Å². The van der Waals surface area contributed by atoms with Gasteiger partial charge in [0.1, 0.15) is 0 Å². The molecule has 1 aliphatic heterocycles. The topological polar surface area (TPSA) is 67.4 Å². The Labute approximate surface area is 95.7 Å². The van der Waals surface area contributed by atoms with E-state index < -0.39 is 24.7 Å². The van der Waals surface area contributed by atoms with Crippen LogP contribution in [-0.2, 0) is 14.3 Å². The van der Waals surface area contributed by atoms with Crippen LogP contribution in [0.3, 0.4) is 0 Å². The van der Waals surface area contributed by atoms with Crippen LogP contribution in [0.2, 0.25) is 0 Å². The summed E-state index contributed by atoms with van der Waals surface area (Å²) in [5, 5.41) is 5.51. The zero-order valence-corrected chi connectivity index (χ0v) is 8.97. The second kappa shape index (κ2) is 5.85. The van der Waals surface area contributed by atoms with Gasteiger partial charge in [-0.25, -0.2) is 4.79 Å². The summed E-state index contributed by atoms with van der Waals surface area (Å²) in [5.74, 6) is -3.08. The minimum absolute atomic E-state index is 0.124. The highest BCUT2D eigenvalue weighted by Gasteiger charge is 2.41. The number of esters is 1. The van der Waals surface area contributed by atoms with E-state index in [2.05, 4.69) is 15.4 Å². The molecule has 0 aliphatic carbocycles. The number of ether oxygens (including phenoxy) is 1. The molecule has 1 saturated heterocycles. The Kier molecular flexibility index (Phi) is 4.73. The molecule has 0 aromatic heterocycles. The summed E-state index contributed by atoms with van der Waals surface area (Å²) in [7, 11) is 0. The van der Waals surface area contributed by atoms with E-state index in [1.54, 1.807) is 0 Å². The molecule has 0 aromatic carbocycles. The molecular weight excluding hydrogens is 241 g/mol. The molecule has 0 bridgehead atoms. The molecule has 98 valence electrons. The molecule has 8 heteroatoms. The van der Waals surface area contributed by atoms with Crippen molar-refractivity contribution in [1.82, 2.24) is 10.6 Å². The summed E-state index contributed by atoms with van der Waals surface area (Å²) in [5.41, 5.74) is 0. The number of alkyl halides is 3. The lowest BCUT2D eigenvalue weighted by Gasteiger charge is -2.23. The predicted molar refractivity (Wildman–Crippen MR) is 51.0 cm³/mol. The maximum atomic E-state index is 11.7. The van der Waals surface area contributed by atoms with Crippen molar-refractivity contribution in [2.75, 3.05) is 19.7 Å². The van der Waals surface area contributed by atoms with E-state index in [0.717, 1.165) is 19.4 Å². The Hall–Kier alpha value is -1.31. The summed E-state index contributed by atoms with van der Waals surface area (Å²) in [4.78, 5) is 21.5. The highest BCUT2D eigenvalue weighted by atomic mass is 19.4. The fourth-order valence-corrected chi connectivity index (χ4v) is 1.46. The first kappa shape index (κ1) is 13.8. The van der Waals surface area contributed by atoms with Gasteiger partial charge < -0.3 is 15.4 Å². The SMILES string of the molecule is O=C(COC(=O)C(F)(F)F)N[C@@H]1CCCNC1. The van der Waals surface area contributed by atoms with Crippen LogP contribution in [0.15, 0.2) is 0 Å². The van der Waals surface area contributed by atoms with Gasteiger partial charge in [0.25, 0.3) is 5.91 Å². The lowest BCUT2D eigenvalue weighted by molar-refractivity contribution is -0.200. The van der Waals surface area contributed by atoms with E-state index >= 15 is 0 Å². The van der Waals surface area contributed by atoms with Gasteiger partial charge in [0, 0.05) is 12.6 Å². The van der Waals surface area contributed by atoms with Crippen LogP contribution >= 0.6 is 0 Å². The van der Waals surface area contributed by atoms with E-state index in [1.165, 1.54) is 0 Å². The summed E-state index contributed by atoms with van der Waals surface area (Å²) in [6.45, 7) is 0.517. The quantitative estimate of drug-likeness (QED) is 0.693. The summed E-state index contributed by atoms with van der Waals surface area (Å²) >= 11 is 0. The lowest BCUT2D eigenvalue weighted by Crippen LogP contribution is -2.47. The highest BCUT2D eigenvalue weighted by Crippen LogP contribution is 2.16. The zero-order chi connectivity index (χ0) is 12.9. The van der Waals surface area contributed by atoms with E-state index in [0.29, 0.717) is 6.54 Å². The standard InChI is InChI=1S/C9H13F3N2O3/c10-9(11,12)8(16)17-5-7(15)14-6-2-1-3-13-4-6/h6,13H,1-5H2,(H,14,15)/t6-/m1/s1. The van der Waals surface area contributed by atoms with Gasteiger partial charge in [-0.1, -0.05) is 0 Å². The molecule has 1 heterocycles. The van der Waals surface area contributed by atoms with Crippen molar-refractivity contribution in [1.29, 1.82) is 0 Å². The molecule has 1 aliphatic rings. The van der Waals surface area contributed by atoms with Gasteiger partial charge in [-0.15, -0.1) is 0 Å². The zero-order valence-electron chi connectivity index (χ0n) is 8.97. The molecule has 17 heavy (non-hydrogen) atoms. The van der Waals surface area contributed by atoms with E-state index in [-0.39, 0.29) is 6.04 Å². The number of halogens is 3. The van der Waals surface area contributed by atoms with Crippen LogP contribution in [0.1, 0.15) is 12.8 Å². The highest BCUT2D eigenvalue weighted by molar-refractivity contribution is 5.82. The molecule has 1 fully saturated rings. The molecule has 0 radical (unpaired) electrons. The van der Waals surface area contributed by atoms with Crippen molar-refractivity contribution in [3.05, 3.63) is 0 Å². The minimum Gasteiger partial charge on any atom is -0.449 e. The molecule has 0 aromatic rings. The van der Waals surface area contributed by atoms with Gasteiger partial charge in [-0.2, -0.15) is 13.2 Å². The molecule has 2 N–H and O–H groups in total. The van der Waals surface area contributed by atoms with Gasteiger partial charge in [-0.3, -0.25) is 4.79 Å². The molecule has 0 unspecified atom stereocenters. The lowest BCUT2D eigenvalue weighted by atomic mass is 10.1. The Balaban J connectivity index is 2.23. The van der Waals surface area contributed by atoms with Crippen molar-refractivity contribution >= 4 is 11.9 Å². The number of amides is 1. The first-order valence-corrected chi connectivity index (χ1v) is 5.13. The molecule has 1 atom stereocenters. The van der Waals surface area contributed by atoms with Gasteiger partial charge in [0.15, 0.2) is 6.61 Å². The fraction of sp³-hybridized carbons (Fsp3) is 0.778. The third-order valence-electron chi connectivity index (χ3n) is 2.23. The van der Waals surface area contributed by atoms with Crippen molar-refractivity contribution < 1.29 is 27.5 Å². The predicted octanol–water partition coefficient (Wildman–Crippen LogP) is -0.0399. The average molecular weight is 254 g/mol. The van der Waals surface area contributed by atoms with Crippen LogP contribution in [0, 0.1) is 0 Å². The van der Waals surface area contributed by atoms with Crippen molar-refractivity contribution in [2.24, 2.45) is 0 Å². The van der Waals surface area contributed by atoms with Crippen molar-refractivity contribution in [3.63, 3.8) is 0 Å². The van der Waals surface area contributed by atoms with E-state index in [9.17, 15) is 22.8 Å². The fourth-order valence-electron chi connectivity index (χ4n) is 1.46. The van der Waals surface area contributed by atoms with Gasteiger partial charge in [0.2, 0.25) is 0 Å². The maximum absolute atomic E-state index is 11.7. The second-order valence-corrected chi connectivity index (χ2v) is 3.68. The molecule has 5 nitrogen and oxygen atoms in total. The molecule has 0 saturated carbocycles. The average Bonchev–Trinajstić information content (AvgIpc) is 2.26. The molecule has 0 spiro atoms. The number of hydrogen-bond acceptors (Lipinski definition) is 4. The number of rotatable bonds is 3. The van der Waals surface area contributed by atoms with Crippen molar-refractivity contribution in [2.45, 2.75) is 25.1 Å². The van der Waals surface area contributed by atoms with E-state index in [1.807, 2.05) is 0 Å². The van der Waals surface area contributed by atoms with E-state index in [4.69, 9.17) is 0 Å². The Morgan fingerprint density at radius 2 is 2.12 bits per heavy atom. The summed E-state index contributed by atoms with van der Waals surface area (Å²) < 4.78 is 39.0. The number of carbonyl (C=O) groups excluding carboxylic acids is 2. The minimum atomic E-state index is -5.06. The monoisotopic (exact) mass is 254 g/mol.